The summed E-state index contributed by atoms with van der Waals surface area (Å²) in [6, 6.07) is 4.64. The van der Waals surface area contributed by atoms with Crippen molar-refractivity contribution in [1.29, 1.82) is 0 Å². The summed E-state index contributed by atoms with van der Waals surface area (Å²) in [7, 11) is 0. The molecule has 1 rings (SSSR count). The monoisotopic (exact) mass is 266 g/mol. The molecule has 0 radical (unpaired) electrons. The number of carbonyl (C=O) groups is 1. The Morgan fingerprint density at radius 3 is 2.57 bits per heavy atom. The van der Waals surface area contributed by atoms with Gasteiger partial charge in [0, 0.05) is 10.0 Å². The third kappa shape index (κ3) is 3.37. The van der Waals surface area contributed by atoms with Crippen LogP contribution in [-0.2, 0) is 0 Å². The Hall–Kier alpha value is 0.130. The SMILES string of the molecule is CC(O)c1ccc(Br)cc1C(=O)[O-].[Na+]. The van der Waals surface area contributed by atoms with Crippen LogP contribution in [0.5, 0.6) is 0 Å². The number of aromatic carboxylic acids is 1. The fraction of sp³-hybridized carbons (Fsp3) is 0.222. The van der Waals surface area contributed by atoms with Crippen molar-refractivity contribution in [1.82, 2.24) is 0 Å². The van der Waals surface area contributed by atoms with E-state index in [1.165, 1.54) is 13.0 Å². The van der Waals surface area contributed by atoms with Gasteiger partial charge in [-0.25, -0.2) is 0 Å². The summed E-state index contributed by atoms with van der Waals surface area (Å²) < 4.78 is 0.649. The number of carboxylic acids is 1. The molecule has 1 aromatic carbocycles. The van der Waals surface area contributed by atoms with Crippen molar-refractivity contribution >= 4 is 21.9 Å². The van der Waals surface area contributed by atoms with E-state index in [-0.39, 0.29) is 35.1 Å². The van der Waals surface area contributed by atoms with Crippen LogP contribution in [0.3, 0.4) is 0 Å². The molecule has 0 aliphatic heterocycles. The molecule has 5 heteroatoms. The average molecular weight is 267 g/mol. The fourth-order valence-electron chi connectivity index (χ4n) is 1.07. The summed E-state index contributed by atoms with van der Waals surface area (Å²) in [6.45, 7) is 1.51. The topological polar surface area (TPSA) is 60.4 Å². The molecular formula is C9H8BrNaO3. The number of benzene rings is 1. The Balaban J connectivity index is 0.00000169. The minimum atomic E-state index is -1.28. The number of rotatable bonds is 2. The van der Waals surface area contributed by atoms with Crippen molar-refractivity contribution in [2.45, 2.75) is 13.0 Å². The van der Waals surface area contributed by atoms with E-state index in [1.54, 1.807) is 12.1 Å². The molecular weight excluding hydrogens is 259 g/mol. The number of carbonyl (C=O) groups excluding carboxylic acids is 1. The summed E-state index contributed by atoms with van der Waals surface area (Å²) in [5.74, 6) is -1.28. The largest absolute Gasteiger partial charge is 1.00 e. The molecule has 1 atom stereocenters. The predicted octanol–water partition coefficient (Wildman–Crippen LogP) is -2.13. The van der Waals surface area contributed by atoms with Crippen LogP contribution in [0.15, 0.2) is 22.7 Å². The number of aliphatic hydroxyl groups is 1. The Morgan fingerprint density at radius 2 is 2.14 bits per heavy atom. The Morgan fingerprint density at radius 1 is 1.57 bits per heavy atom. The molecule has 14 heavy (non-hydrogen) atoms. The third-order valence-corrected chi connectivity index (χ3v) is 2.18. The van der Waals surface area contributed by atoms with Crippen molar-refractivity contribution in [3.05, 3.63) is 33.8 Å². The second-order valence-corrected chi connectivity index (χ2v) is 3.61. The second-order valence-electron chi connectivity index (χ2n) is 2.70. The summed E-state index contributed by atoms with van der Waals surface area (Å²) in [5.41, 5.74) is 0.382. The van der Waals surface area contributed by atoms with Crippen molar-refractivity contribution in [2.24, 2.45) is 0 Å². The third-order valence-electron chi connectivity index (χ3n) is 1.69. The summed E-state index contributed by atoms with van der Waals surface area (Å²) in [6.07, 6.45) is -0.805. The van der Waals surface area contributed by atoms with Crippen LogP contribution in [-0.4, -0.2) is 11.1 Å². The first kappa shape index (κ1) is 14.1. The van der Waals surface area contributed by atoms with Gasteiger partial charge in [0.25, 0.3) is 0 Å². The van der Waals surface area contributed by atoms with Gasteiger partial charge >= 0.3 is 29.6 Å². The number of hydrogen-bond acceptors (Lipinski definition) is 3. The van der Waals surface area contributed by atoms with E-state index < -0.39 is 12.1 Å². The molecule has 0 saturated carbocycles. The van der Waals surface area contributed by atoms with Gasteiger partial charge in [0.1, 0.15) is 0 Å². The molecule has 0 saturated heterocycles. The summed E-state index contributed by atoms with van der Waals surface area (Å²) in [4.78, 5) is 10.6. The van der Waals surface area contributed by atoms with Crippen molar-refractivity contribution < 1.29 is 44.6 Å². The van der Waals surface area contributed by atoms with E-state index in [0.717, 1.165) is 0 Å². The predicted molar refractivity (Wildman–Crippen MR) is 49.1 cm³/mol. The number of halogens is 1. The van der Waals surface area contributed by atoms with Gasteiger partial charge in [0.2, 0.25) is 0 Å². The quantitative estimate of drug-likeness (QED) is 0.623. The molecule has 3 nitrogen and oxygen atoms in total. The van der Waals surface area contributed by atoms with Crippen LogP contribution in [0, 0.1) is 0 Å². The number of hydrogen-bond donors (Lipinski definition) is 1. The fourth-order valence-corrected chi connectivity index (χ4v) is 1.43. The van der Waals surface area contributed by atoms with Gasteiger partial charge in [-0.05, 0) is 24.6 Å². The molecule has 1 aromatic rings. The number of carboxylic acid groups (broad SMARTS) is 1. The standard InChI is InChI=1S/C9H9BrO3.Na/c1-5(11)7-3-2-6(10)4-8(7)9(12)13;/h2-5,11H,1H3,(H,12,13);/q;+1/p-1. The van der Waals surface area contributed by atoms with E-state index in [2.05, 4.69) is 15.9 Å². The first-order chi connectivity index (χ1) is 6.02. The van der Waals surface area contributed by atoms with Crippen LogP contribution in [0.4, 0.5) is 0 Å². The average Bonchev–Trinajstić information content (AvgIpc) is 2.03. The normalized spacial score (nSPS) is 11.6. The van der Waals surface area contributed by atoms with Gasteiger partial charge in [-0.1, -0.05) is 22.0 Å². The zero-order valence-corrected chi connectivity index (χ0v) is 11.5. The maximum absolute atomic E-state index is 10.6. The molecule has 0 bridgehead atoms. The van der Waals surface area contributed by atoms with Gasteiger partial charge in [0.15, 0.2) is 0 Å². The van der Waals surface area contributed by atoms with Crippen molar-refractivity contribution in [2.75, 3.05) is 0 Å². The van der Waals surface area contributed by atoms with Gasteiger partial charge < -0.3 is 15.0 Å². The van der Waals surface area contributed by atoms with Crippen LogP contribution < -0.4 is 34.7 Å². The molecule has 0 amide bonds. The zero-order chi connectivity index (χ0) is 10.0. The minimum Gasteiger partial charge on any atom is -0.545 e. The van der Waals surface area contributed by atoms with Gasteiger partial charge in [-0.2, -0.15) is 0 Å². The molecule has 1 N–H and O–H groups in total. The maximum atomic E-state index is 10.6. The minimum absolute atomic E-state index is 0. The molecule has 0 heterocycles. The van der Waals surface area contributed by atoms with Crippen molar-refractivity contribution in [3.8, 4) is 0 Å². The molecule has 0 fully saturated rings. The first-order valence-electron chi connectivity index (χ1n) is 3.71. The van der Waals surface area contributed by atoms with E-state index in [0.29, 0.717) is 10.0 Å². The smallest absolute Gasteiger partial charge is 0.545 e. The first-order valence-corrected chi connectivity index (χ1v) is 4.50. The van der Waals surface area contributed by atoms with Crippen LogP contribution in [0.1, 0.15) is 28.9 Å². The maximum Gasteiger partial charge on any atom is 1.00 e. The molecule has 0 spiro atoms. The molecule has 0 aromatic heterocycles. The van der Waals surface area contributed by atoms with Crippen molar-refractivity contribution in [3.63, 3.8) is 0 Å². The molecule has 0 aliphatic carbocycles. The molecule has 70 valence electrons. The second kappa shape index (κ2) is 5.88. The Kier molecular flexibility index (Phi) is 5.93. The summed E-state index contributed by atoms with van der Waals surface area (Å²) >= 11 is 3.14. The van der Waals surface area contributed by atoms with Gasteiger partial charge in [0.05, 0.1) is 12.1 Å². The van der Waals surface area contributed by atoms with Gasteiger partial charge in [-0.3, -0.25) is 0 Å². The Labute approximate surface area is 113 Å². The number of aliphatic hydroxyl groups excluding tert-OH is 1. The van der Waals surface area contributed by atoms with E-state index in [1.807, 2.05) is 0 Å². The molecule has 0 aliphatic rings. The summed E-state index contributed by atoms with van der Waals surface area (Å²) in [5, 5.41) is 19.9. The van der Waals surface area contributed by atoms with Crippen LogP contribution in [0.25, 0.3) is 0 Å². The van der Waals surface area contributed by atoms with E-state index in [9.17, 15) is 15.0 Å². The van der Waals surface area contributed by atoms with Gasteiger partial charge in [-0.15, -0.1) is 0 Å². The van der Waals surface area contributed by atoms with E-state index in [4.69, 9.17) is 0 Å². The zero-order valence-electron chi connectivity index (χ0n) is 7.95. The Bertz CT molecular complexity index is 339. The van der Waals surface area contributed by atoms with Crippen LogP contribution >= 0.6 is 15.9 Å². The molecule has 1 unspecified atom stereocenters. The van der Waals surface area contributed by atoms with E-state index >= 15 is 0 Å². The van der Waals surface area contributed by atoms with Crippen LogP contribution in [0.2, 0.25) is 0 Å².